The van der Waals surface area contributed by atoms with Crippen molar-refractivity contribution in [2.24, 2.45) is 5.73 Å². The fourth-order valence-electron chi connectivity index (χ4n) is 0.600. The van der Waals surface area contributed by atoms with Crippen LogP contribution < -0.4 is 5.73 Å². The minimum Gasteiger partial charge on any atom is -0.327 e. The van der Waals surface area contributed by atoms with Gasteiger partial charge in [0.05, 0.1) is 0 Å². The van der Waals surface area contributed by atoms with Crippen LogP contribution in [-0.2, 0) is 0 Å². The van der Waals surface area contributed by atoms with Gasteiger partial charge in [0.2, 0.25) is 0 Å². The maximum Gasteiger partial charge on any atom is 0.0202 e. The summed E-state index contributed by atoms with van der Waals surface area (Å²) in [5.74, 6) is 0. The van der Waals surface area contributed by atoms with Crippen molar-refractivity contribution in [3.05, 3.63) is 12.2 Å². The average Bonchev–Trinajstić information content (AvgIpc) is 1.87. The number of nitrogens with zero attached hydrogens (tertiary/aromatic N) is 1. The van der Waals surface area contributed by atoms with E-state index in [0.717, 1.165) is 12.1 Å². The second-order valence-corrected chi connectivity index (χ2v) is 2.96. The van der Waals surface area contributed by atoms with Crippen molar-refractivity contribution in [2.75, 3.05) is 20.1 Å². The van der Waals surface area contributed by atoms with Crippen LogP contribution in [-0.4, -0.2) is 31.1 Å². The van der Waals surface area contributed by atoms with E-state index in [4.69, 9.17) is 5.73 Å². The highest BCUT2D eigenvalue weighted by atomic mass is 15.1. The summed E-state index contributed by atoms with van der Waals surface area (Å²) in [7, 11) is 2.07. The zero-order valence-electron chi connectivity index (χ0n) is 7.22. The van der Waals surface area contributed by atoms with Crippen molar-refractivity contribution in [1.82, 2.24) is 4.90 Å². The van der Waals surface area contributed by atoms with Crippen LogP contribution in [0.25, 0.3) is 0 Å². The average molecular weight is 142 g/mol. The summed E-state index contributed by atoms with van der Waals surface area (Å²) < 4.78 is 0. The SMILES string of the molecule is C=C(CN)CN(C)C(C)C. The highest BCUT2D eigenvalue weighted by Gasteiger charge is 2.02. The third kappa shape index (κ3) is 3.64. The van der Waals surface area contributed by atoms with Gasteiger partial charge < -0.3 is 10.6 Å². The quantitative estimate of drug-likeness (QED) is 0.589. The second-order valence-electron chi connectivity index (χ2n) is 2.96. The van der Waals surface area contributed by atoms with Gasteiger partial charge in [-0.05, 0) is 26.5 Å². The second kappa shape index (κ2) is 4.47. The molecule has 0 amide bonds. The maximum absolute atomic E-state index is 5.39. The lowest BCUT2D eigenvalue weighted by molar-refractivity contribution is 0.296. The Morgan fingerprint density at radius 2 is 2.10 bits per heavy atom. The largest absolute Gasteiger partial charge is 0.327 e. The van der Waals surface area contributed by atoms with Crippen molar-refractivity contribution < 1.29 is 0 Å². The zero-order chi connectivity index (χ0) is 8.15. The molecule has 0 aromatic carbocycles. The molecule has 0 saturated carbocycles. The molecule has 0 atom stereocenters. The molecule has 0 heterocycles. The van der Waals surface area contributed by atoms with Crippen molar-refractivity contribution in [3.63, 3.8) is 0 Å². The van der Waals surface area contributed by atoms with Crippen LogP contribution in [0, 0.1) is 0 Å². The maximum atomic E-state index is 5.39. The normalized spacial score (nSPS) is 11.0. The van der Waals surface area contributed by atoms with E-state index in [1.54, 1.807) is 0 Å². The van der Waals surface area contributed by atoms with Crippen molar-refractivity contribution in [2.45, 2.75) is 19.9 Å². The fourth-order valence-corrected chi connectivity index (χ4v) is 0.600. The molecule has 60 valence electrons. The summed E-state index contributed by atoms with van der Waals surface area (Å²) in [6.07, 6.45) is 0. The molecule has 0 unspecified atom stereocenters. The molecule has 10 heavy (non-hydrogen) atoms. The predicted octanol–water partition coefficient (Wildman–Crippen LogP) is 0.841. The van der Waals surface area contributed by atoms with Gasteiger partial charge in [-0.3, -0.25) is 0 Å². The van der Waals surface area contributed by atoms with Crippen LogP contribution in [0.15, 0.2) is 12.2 Å². The Labute approximate surface area is 63.7 Å². The minimum atomic E-state index is 0.572. The topological polar surface area (TPSA) is 29.3 Å². The van der Waals surface area contributed by atoms with E-state index >= 15 is 0 Å². The Morgan fingerprint density at radius 3 is 2.40 bits per heavy atom. The van der Waals surface area contributed by atoms with E-state index in [2.05, 4.69) is 32.4 Å². The van der Waals surface area contributed by atoms with Crippen LogP contribution in [0.5, 0.6) is 0 Å². The monoisotopic (exact) mass is 142 g/mol. The van der Waals surface area contributed by atoms with E-state index < -0.39 is 0 Å². The molecule has 0 bridgehead atoms. The molecular weight excluding hydrogens is 124 g/mol. The molecule has 0 aliphatic heterocycles. The first-order valence-corrected chi connectivity index (χ1v) is 3.65. The molecule has 0 aromatic rings. The van der Waals surface area contributed by atoms with Gasteiger partial charge in [-0.1, -0.05) is 6.58 Å². The highest BCUT2D eigenvalue weighted by Crippen LogP contribution is 1.96. The Bertz CT molecular complexity index is 108. The van der Waals surface area contributed by atoms with Gasteiger partial charge in [0.25, 0.3) is 0 Å². The highest BCUT2D eigenvalue weighted by molar-refractivity contribution is 4.98. The molecule has 0 radical (unpaired) electrons. The van der Waals surface area contributed by atoms with E-state index in [0.29, 0.717) is 12.6 Å². The van der Waals surface area contributed by atoms with Crippen molar-refractivity contribution >= 4 is 0 Å². The van der Waals surface area contributed by atoms with Gasteiger partial charge in [-0.2, -0.15) is 0 Å². The zero-order valence-corrected chi connectivity index (χ0v) is 7.22. The van der Waals surface area contributed by atoms with Crippen LogP contribution in [0.4, 0.5) is 0 Å². The van der Waals surface area contributed by atoms with E-state index in [9.17, 15) is 0 Å². The van der Waals surface area contributed by atoms with Gasteiger partial charge in [0.15, 0.2) is 0 Å². The van der Waals surface area contributed by atoms with Crippen LogP contribution in [0.3, 0.4) is 0 Å². The Balaban J connectivity index is 3.57. The van der Waals surface area contributed by atoms with E-state index in [1.165, 1.54) is 0 Å². The first-order chi connectivity index (χ1) is 4.57. The first kappa shape index (κ1) is 9.66. The van der Waals surface area contributed by atoms with Crippen LogP contribution in [0.2, 0.25) is 0 Å². The summed E-state index contributed by atoms with van der Waals surface area (Å²) >= 11 is 0. The molecule has 0 fully saturated rings. The summed E-state index contributed by atoms with van der Waals surface area (Å²) in [4.78, 5) is 2.22. The van der Waals surface area contributed by atoms with Gasteiger partial charge in [0.1, 0.15) is 0 Å². The molecule has 2 heteroatoms. The van der Waals surface area contributed by atoms with Crippen LogP contribution >= 0.6 is 0 Å². The van der Waals surface area contributed by atoms with Gasteiger partial charge >= 0.3 is 0 Å². The molecule has 0 rings (SSSR count). The van der Waals surface area contributed by atoms with Gasteiger partial charge in [-0.15, -0.1) is 0 Å². The lowest BCUT2D eigenvalue weighted by Crippen LogP contribution is -2.29. The molecular formula is C8H18N2. The third-order valence-electron chi connectivity index (χ3n) is 1.64. The van der Waals surface area contributed by atoms with Gasteiger partial charge in [-0.25, -0.2) is 0 Å². The predicted molar refractivity (Wildman–Crippen MR) is 46.0 cm³/mol. The molecule has 0 aliphatic carbocycles. The minimum absolute atomic E-state index is 0.572. The Morgan fingerprint density at radius 1 is 1.60 bits per heavy atom. The summed E-state index contributed by atoms with van der Waals surface area (Å²) in [5, 5.41) is 0. The lowest BCUT2D eigenvalue weighted by Gasteiger charge is -2.21. The van der Waals surface area contributed by atoms with Crippen molar-refractivity contribution in [1.29, 1.82) is 0 Å². The Hall–Kier alpha value is -0.340. The van der Waals surface area contributed by atoms with Crippen molar-refractivity contribution in [3.8, 4) is 0 Å². The lowest BCUT2D eigenvalue weighted by atomic mass is 10.2. The third-order valence-corrected chi connectivity index (χ3v) is 1.64. The standard InChI is InChI=1S/C8H18N2/c1-7(2)10(4)6-8(3)5-9/h7H,3,5-6,9H2,1-2,4H3. The first-order valence-electron chi connectivity index (χ1n) is 3.65. The number of hydrogen-bond acceptors (Lipinski definition) is 2. The fraction of sp³-hybridized carbons (Fsp3) is 0.750. The molecule has 0 aliphatic rings. The molecule has 2 nitrogen and oxygen atoms in total. The molecule has 0 aromatic heterocycles. The molecule has 2 N–H and O–H groups in total. The van der Waals surface area contributed by atoms with Crippen LogP contribution in [0.1, 0.15) is 13.8 Å². The summed E-state index contributed by atoms with van der Waals surface area (Å²) in [6, 6.07) is 0.572. The number of hydrogen-bond donors (Lipinski definition) is 1. The Kier molecular flexibility index (Phi) is 4.32. The number of nitrogens with two attached hydrogens (primary N) is 1. The molecule has 0 spiro atoms. The van der Waals surface area contributed by atoms with Gasteiger partial charge in [0, 0.05) is 19.1 Å². The smallest absolute Gasteiger partial charge is 0.0202 e. The van der Waals surface area contributed by atoms with E-state index in [1.807, 2.05) is 0 Å². The summed E-state index contributed by atoms with van der Waals surface area (Å²) in [5.41, 5.74) is 6.49. The molecule has 0 saturated heterocycles. The van der Waals surface area contributed by atoms with E-state index in [-0.39, 0.29) is 0 Å². The number of likely N-dealkylation sites (N-methyl/N-ethyl adjacent to an activating group) is 1. The number of rotatable bonds is 4. The summed E-state index contributed by atoms with van der Waals surface area (Å²) in [6.45, 7) is 9.65.